The first-order chi connectivity index (χ1) is 19.6. The zero-order valence-corrected chi connectivity index (χ0v) is 24.1. The minimum atomic E-state index is -1.41. The van der Waals surface area contributed by atoms with Gasteiger partial charge in [-0.25, -0.2) is 0 Å². The fraction of sp³-hybridized carbons (Fsp3) is 0.406. The van der Waals surface area contributed by atoms with Crippen LogP contribution in [0.25, 0.3) is 0 Å². The van der Waals surface area contributed by atoms with Gasteiger partial charge in [0.15, 0.2) is 0 Å². The number of aliphatic hydroxyl groups is 1. The zero-order valence-electron chi connectivity index (χ0n) is 23.4. The fourth-order valence-corrected chi connectivity index (χ4v) is 7.51. The van der Waals surface area contributed by atoms with Crippen molar-refractivity contribution >= 4 is 35.0 Å². The number of carbonyl (C=O) groups excluding carboxylic acids is 3. The number of aryl methyl sites for hydroxylation is 1. The molecule has 4 heterocycles. The maximum Gasteiger partial charge on any atom is 0.253 e. The second kappa shape index (κ2) is 10.1. The highest BCUT2D eigenvalue weighted by molar-refractivity contribution is 6.34. The summed E-state index contributed by atoms with van der Waals surface area (Å²) in [4.78, 5) is 48.1. The predicted molar refractivity (Wildman–Crippen MR) is 155 cm³/mol. The Labute approximate surface area is 244 Å². The average molecular weight is 576 g/mol. The highest BCUT2D eigenvalue weighted by Gasteiger charge is 2.75. The molecule has 0 aliphatic carbocycles. The monoisotopic (exact) mass is 575 g/mol. The number of hydrogen-bond donors (Lipinski definition) is 1. The molecule has 3 amide bonds. The number of benzene rings is 2. The summed E-state index contributed by atoms with van der Waals surface area (Å²) in [7, 11) is 0. The Bertz CT molecular complexity index is 1440. The molecule has 4 aliphatic rings. The SMILES string of the molecule is Cc1cccc(Cl)c1N1CC=C[C@]23O[C@@]4(C)C=CCN(Cc5ccccc5)C(=O)[C@H]4[C@H]2C(=O)N([C@H](C)CO)C3C1=O. The van der Waals surface area contributed by atoms with Gasteiger partial charge in [0.25, 0.3) is 5.91 Å². The first kappa shape index (κ1) is 27.7. The Morgan fingerprint density at radius 3 is 2.41 bits per heavy atom. The molecule has 6 rings (SSSR count). The van der Waals surface area contributed by atoms with E-state index in [0.717, 1.165) is 11.1 Å². The second-order valence-electron chi connectivity index (χ2n) is 11.6. The zero-order chi connectivity index (χ0) is 29.1. The van der Waals surface area contributed by atoms with Gasteiger partial charge >= 0.3 is 0 Å². The minimum absolute atomic E-state index is 0.197. The van der Waals surface area contributed by atoms with Crippen LogP contribution in [0, 0.1) is 18.8 Å². The molecule has 1 unspecified atom stereocenters. The van der Waals surface area contributed by atoms with Gasteiger partial charge in [0, 0.05) is 19.6 Å². The molecular formula is C32H34ClN3O5. The van der Waals surface area contributed by atoms with Crippen molar-refractivity contribution < 1.29 is 24.2 Å². The highest BCUT2D eigenvalue weighted by atomic mass is 35.5. The standard InChI is InChI=1S/C32H34ClN3O5/c1-20-10-7-13-23(33)26(20)35-17-9-15-32-25(29(39)36(21(2)19-37)27(32)30(35)40)24-28(38)34(16-8-14-31(24,3)41-32)18-22-11-5-4-6-12-22/h4-15,21,24-25,27,37H,16-19H2,1-3H3/t21-,24-,25+,27?,31+,32+/m1/s1. The summed E-state index contributed by atoms with van der Waals surface area (Å²) in [5.41, 5.74) is -0.159. The Hall–Kier alpha value is -3.46. The van der Waals surface area contributed by atoms with E-state index in [0.29, 0.717) is 23.8 Å². The molecule has 2 fully saturated rings. The van der Waals surface area contributed by atoms with Gasteiger partial charge in [-0.3, -0.25) is 14.4 Å². The molecule has 0 radical (unpaired) electrons. The van der Waals surface area contributed by atoms with E-state index in [4.69, 9.17) is 16.3 Å². The molecule has 1 spiro atoms. The third-order valence-corrected chi connectivity index (χ3v) is 9.30. The summed E-state index contributed by atoms with van der Waals surface area (Å²) in [5, 5.41) is 10.6. The summed E-state index contributed by atoms with van der Waals surface area (Å²) in [6.07, 6.45) is 7.42. The van der Waals surface area contributed by atoms with E-state index in [-0.39, 0.29) is 30.9 Å². The number of amides is 3. The van der Waals surface area contributed by atoms with Crippen molar-refractivity contribution in [1.29, 1.82) is 0 Å². The van der Waals surface area contributed by atoms with Crippen molar-refractivity contribution in [3.63, 3.8) is 0 Å². The average Bonchev–Trinajstić information content (AvgIpc) is 3.23. The van der Waals surface area contributed by atoms with Gasteiger partial charge in [-0.2, -0.15) is 0 Å². The van der Waals surface area contributed by atoms with Gasteiger partial charge in [-0.05, 0) is 38.0 Å². The highest BCUT2D eigenvalue weighted by Crippen LogP contribution is 2.58. The Morgan fingerprint density at radius 1 is 0.976 bits per heavy atom. The van der Waals surface area contributed by atoms with E-state index >= 15 is 0 Å². The van der Waals surface area contributed by atoms with Crippen LogP contribution in [0.1, 0.15) is 25.0 Å². The van der Waals surface area contributed by atoms with E-state index in [1.165, 1.54) is 4.90 Å². The van der Waals surface area contributed by atoms with E-state index < -0.39 is 35.1 Å². The molecule has 2 aromatic carbocycles. The van der Waals surface area contributed by atoms with Gasteiger partial charge in [0.05, 0.1) is 40.8 Å². The number of aliphatic hydroxyl groups excluding tert-OH is 1. The summed E-state index contributed by atoms with van der Waals surface area (Å²) in [6.45, 7) is 6.06. The van der Waals surface area contributed by atoms with Gasteiger partial charge in [-0.15, -0.1) is 0 Å². The lowest BCUT2D eigenvalue weighted by molar-refractivity contribution is -0.151. The van der Waals surface area contributed by atoms with Crippen molar-refractivity contribution in [2.45, 2.75) is 50.6 Å². The lowest BCUT2D eigenvalue weighted by Crippen LogP contribution is -2.58. The number of para-hydroxylation sites is 1. The van der Waals surface area contributed by atoms with Gasteiger partial charge in [-0.1, -0.05) is 78.4 Å². The molecule has 8 nitrogen and oxygen atoms in total. The number of ether oxygens (including phenoxy) is 1. The molecule has 6 atom stereocenters. The molecular weight excluding hydrogens is 542 g/mol. The summed E-state index contributed by atoms with van der Waals surface area (Å²) >= 11 is 6.60. The molecule has 41 heavy (non-hydrogen) atoms. The molecule has 1 N–H and O–H groups in total. The summed E-state index contributed by atoms with van der Waals surface area (Å²) < 4.78 is 6.86. The van der Waals surface area contributed by atoms with Crippen molar-refractivity contribution in [3.8, 4) is 0 Å². The second-order valence-corrected chi connectivity index (χ2v) is 12.0. The third-order valence-electron chi connectivity index (χ3n) is 8.99. The fourth-order valence-electron chi connectivity index (χ4n) is 7.19. The van der Waals surface area contributed by atoms with Crippen LogP contribution in [0.4, 0.5) is 5.69 Å². The molecule has 4 aliphatic heterocycles. The van der Waals surface area contributed by atoms with Crippen LogP contribution in [0.2, 0.25) is 5.02 Å². The van der Waals surface area contributed by atoms with Crippen LogP contribution in [0.3, 0.4) is 0 Å². The quantitative estimate of drug-likeness (QED) is 0.551. The molecule has 2 aromatic rings. The first-order valence-electron chi connectivity index (χ1n) is 14.0. The number of likely N-dealkylation sites (tertiary alicyclic amines) is 1. The van der Waals surface area contributed by atoms with Crippen LogP contribution in [-0.2, 0) is 25.7 Å². The summed E-state index contributed by atoms with van der Waals surface area (Å²) in [6, 6.07) is 13.4. The van der Waals surface area contributed by atoms with Gasteiger partial charge in [0.2, 0.25) is 11.8 Å². The van der Waals surface area contributed by atoms with E-state index in [1.54, 1.807) is 28.9 Å². The molecule has 9 heteroatoms. The van der Waals surface area contributed by atoms with Crippen LogP contribution < -0.4 is 4.90 Å². The molecule has 0 aromatic heterocycles. The maximum absolute atomic E-state index is 14.6. The molecule has 0 saturated carbocycles. The number of nitrogens with zero attached hydrogens (tertiary/aromatic N) is 3. The lowest BCUT2D eigenvalue weighted by Gasteiger charge is -2.39. The molecule has 0 bridgehead atoms. The number of carbonyl (C=O) groups is 3. The van der Waals surface area contributed by atoms with E-state index in [2.05, 4.69) is 0 Å². The van der Waals surface area contributed by atoms with Crippen LogP contribution in [-0.4, -0.2) is 75.6 Å². The number of anilines is 1. The van der Waals surface area contributed by atoms with Gasteiger partial charge in [0.1, 0.15) is 11.6 Å². The number of rotatable bonds is 5. The maximum atomic E-state index is 14.6. The Kier molecular flexibility index (Phi) is 6.83. The Balaban J connectivity index is 1.46. The van der Waals surface area contributed by atoms with Gasteiger partial charge < -0.3 is 24.5 Å². The predicted octanol–water partition coefficient (Wildman–Crippen LogP) is 3.50. The van der Waals surface area contributed by atoms with Crippen LogP contribution >= 0.6 is 11.6 Å². The third kappa shape index (κ3) is 4.15. The van der Waals surface area contributed by atoms with Crippen LogP contribution in [0.5, 0.6) is 0 Å². The molecule has 214 valence electrons. The van der Waals surface area contributed by atoms with Crippen LogP contribution in [0.15, 0.2) is 72.8 Å². The normalized spacial score (nSPS) is 31.6. The number of hydrogen-bond acceptors (Lipinski definition) is 5. The topological polar surface area (TPSA) is 90.4 Å². The smallest absolute Gasteiger partial charge is 0.253 e. The van der Waals surface area contributed by atoms with Crippen molar-refractivity contribution in [2.24, 2.45) is 11.8 Å². The Morgan fingerprint density at radius 2 is 1.71 bits per heavy atom. The number of fused-ring (bicyclic) bond motifs is 2. The van der Waals surface area contributed by atoms with Crippen molar-refractivity contribution in [3.05, 3.63) is 89.0 Å². The minimum Gasteiger partial charge on any atom is -0.394 e. The first-order valence-corrected chi connectivity index (χ1v) is 14.4. The lowest BCUT2D eigenvalue weighted by atomic mass is 9.74. The van der Waals surface area contributed by atoms with E-state index in [9.17, 15) is 19.5 Å². The van der Waals surface area contributed by atoms with Crippen molar-refractivity contribution in [2.75, 3.05) is 24.6 Å². The summed E-state index contributed by atoms with van der Waals surface area (Å²) in [5.74, 6) is -2.74. The largest absolute Gasteiger partial charge is 0.394 e. The number of halogens is 1. The van der Waals surface area contributed by atoms with E-state index in [1.807, 2.05) is 74.5 Å². The van der Waals surface area contributed by atoms with Crippen molar-refractivity contribution in [1.82, 2.24) is 9.80 Å². The molecule has 2 saturated heterocycles.